The number of nitrogens with two attached hydrogens (primary N) is 1. The molecule has 4 N–H and O–H groups in total. The fourth-order valence-corrected chi connectivity index (χ4v) is 5.37. The third kappa shape index (κ3) is 6.98. The van der Waals surface area contributed by atoms with Gasteiger partial charge < -0.3 is 26.1 Å². The van der Waals surface area contributed by atoms with Crippen LogP contribution in [0.3, 0.4) is 0 Å². The summed E-state index contributed by atoms with van der Waals surface area (Å²) in [7, 11) is 0. The summed E-state index contributed by atoms with van der Waals surface area (Å²) in [6.07, 6.45) is 5.72. The SMILES string of the molecule is CSCC[C@H](NC(=O)c1cccnc1)C(=O)NC(C=O)C[C@](N)(c1ccccc1)C1CN(c2ccc(F)cc2)C1=O. The highest BCUT2D eigenvalue weighted by atomic mass is 32.2. The summed E-state index contributed by atoms with van der Waals surface area (Å²) in [5.74, 6) is -1.75. The largest absolute Gasteiger partial charge is 0.345 e. The summed E-state index contributed by atoms with van der Waals surface area (Å²) in [6, 6.07) is 15.8. The van der Waals surface area contributed by atoms with Crippen molar-refractivity contribution in [2.75, 3.05) is 23.5 Å². The van der Waals surface area contributed by atoms with Crippen molar-refractivity contribution in [2.24, 2.45) is 11.7 Å². The van der Waals surface area contributed by atoms with Gasteiger partial charge in [0.15, 0.2) is 0 Å². The first kappa shape index (κ1) is 29.9. The molecular weight excluding hydrogens is 545 g/mol. The van der Waals surface area contributed by atoms with Gasteiger partial charge in [-0.15, -0.1) is 0 Å². The minimum Gasteiger partial charge on any atom is -0.345 e. The molecule has 1 aromatic heterocycles. The summed E-state index contributed by atoms with van der Waals surface area (Å²) in [5.41, 5.74) is 7.15. The van der Waals surface area contributed by atoms with Crippen molar-refractivity contribution < 1.29 is 23.6 Å². The zero-order chi connectivity index (χ0) is 29.4. The fourth-order valence-electron chi connectivity index (χ4n) is 4.90. The summed E-state index contributed by atoms with van der Waals surface area (Å²) < 4.78 is 13.4. The van der Waals surface area contributed by atoms with Gasteiger partial charge in [-0.1, -0.05) is 30.3 Å². The number of anilines is 1. The van der Waals surface area contributed by atoms with Crippen molar-refractivity contribution in [2.45, 2.75) is 30.5 Å². The second-order valence-corrected chi connectivity index (χ2v) is 10.9. The summed E-state index contributed by atoms with van der Waals surface area (Å²) >= 11 is 1.52. The minimum atomic E-state index is -1.29. The van der Waals surface area contributed by atoms with Gasteiger partial charge in [-0.05, 0) is 66.8 Å². The number of carbonyl (C=O) groups is 4. The summed E-state index contributed by atoms with van der Waals surface area (Å²) in [4.78, 5) is 57.1. The zero-order valence-electron chi connectivity index (χ0n) is 22.5. The molecule has 9 nitrogen and oxygen atoms in total. The van der Waals surface area contributed by atoms with Crippen LogP contribution in [-0.4, -0.2) is 59.6 Å². The number of hydrogen-bond donors (Lipinski definition) is 3. The van der Waals surface area contributed by atoms with Crippen molar-refractivity contribution in [1.29, 1.82) is 0 Å². The number of carbonyl (C=O) groups excluding carboxylic acids is 4. The fraction of sp³-hybridized carbons (Fsp3) is 0.300. The highest BCUT2D eigenvalue weighted by Crippen LogP contribution is 2.40. The number of amides is 3. The molecular formula is C30H32FN5O4S. The van der Waals surface area contributed by atoms with Crippen LogP contribution in [0.15, 0.2) is 79.1 Å². The zero-order valence-corrected chi connectivity index (χ0v) is 23.4. The number of β-lactam (4-membered cyclic amide) rings is 1. The molecule has 0 bridgehead atoms. The van der Waals surface area contributed by atoms with Crippen LogP contribution in [0, 0.1) is 11.7 Å². The van der Waals surface area contributed by atoms with Crippen LogP contribution in [0.5, 0.6) is 0 Å². The Hall–Kier alpha value is -4.09. The average Bonchev–Trinajstić information content (AvgIpc) is 2.99. The van der Waals surface area contributed by atoms with Gasteiger partial charge in [0.05, 0.1) is 23.1 Å². The summed E-state index contributed by atoms with van der Waals surface area (Å²) in [6.45, 7) is 0.257. The van der Waals surface area contributed by atoms with Gasteiger partial charge in [0.25, 0.3) is 5.91 Å². The second-order valence-electron chi connectivity index (χ2n) is 9.89. The normalized spacial score (nSPS) is 17.5. The lowest BCUT2D eigenvalue weighted by molar-refractivity contribution is -0.131. The Labute approximate surface area is 242 Å². The number of aldehydes is 1. The first-order chi connectivity index (χ1) is 19.8. The smallest absolute Gasteiger partial charge is 0.253 e. The monoisotopic (exact) mass is 577 g/mol. The Kier molecular flexibility index (Phi) is 9.85. The molecule has 4 atom stereocenters. The Balaban J connectivity index is 1.52. The number of nitrogens with one attached hydrogen (secondary N) is 2. The molecule has 0 aliphatic carbocycles. The maximum absolute atomic E-state index is 13.4. The second kappa shape index (κ2) is 13.5. The number of rotatable bonds is 13. The van der Waals surface area contributed by atoms with E-state index in [-0.39, 0.29) is 18.9 Å². The van der Waals surface area contributed by atoms with Crippen LogP contribution >= 0.6 is 11.8 Å². The number of thioether (sulfide) groups is 1. The van der Waals surface area contributed by atoms with Crippen molar-refractivity contribution >= 4 is 41.5 Å². The lowest BCUT2D eigenvalue weighted by Gasteiger charge is -2.48. The van der Waals surface area contributed by atoms with Gasteiger partial charge in [-0.3, -0.25) is 19.4 Å². The summed E-state index contributed by atoms with van der Waals surface area (Å²) in [5, 5.41) is 5.46. The lowest BCUT2D eigenvalue weighted by Crippen LogP contribution is -2.65. The number of aromatic nitrogens is 1. The Morgan fingerprint density at radius 2 is 1.88 bits per heavy atom. The molecule has 2 unspecified atom stereocenters. The maximum Gasteiger partial charge on any atom is 0.253 e. The number of halogens is 1. The predicted molar refractivity (Wildman–Crippen MR) is 156 cm³/mol. The van der Waals surface area contributed by atoms with Gasteiger partial charge in [-0.25, -0.2) is 4.39 Å². The van der Waals surface area contributed by atoms with E-state index in [2.05, 4.69) is 15.6 Å². The van der Waals surface area contributed by atoms with Crippen molar-refractivity contribution in [1.82, 2.24) is 15.6 Å². The highest BCUT2D eigenvalue weighted by molar-refractivity contribution is 7.98. The predicted octanol–water partition coefficient (Wildman–Crippen LogP) is 2.66. The average molecular weight is 578 g/mol. The van der Waals surface area contributed by atoms with Crippen LogP contribution in [-0.2, 0) is 19.9 Å². The maximum atomic E-state index is 13.4. The molecule has 0 spiro atoms. The number of nitrogens with zero attached hydrogens (tertiary/aromatic N) is 2. The number of benzene rings is 2. The molecule has 0 saturated carbocycles. The van der Waals surface area contributed by atoms with Gasteiger partial charge in [0, 0.05) is 24.6 Å². The van der Waals surface area contributed by atoms with E-state index in [1.807, 2.05) is 12.3 Å². The first-order valence-electron chi connectivity index (χ1n) is 13.1. The van der Waals surface area contributed by atoms with Crippen LogP contribution in [0.25, 0.3) is 0 Å². The van der Waals surface area contributed by atoms with Gasteiger partial charge in [-0.2, -0.15) is 11.8 Å². The van der Waals surface area contributed by atoms with E-state index in [4.69, 9.17) is 5.73 Å². The molecule has 1 saturated heterocycles. The van der Waals surface area contributed by atoms with Gasteiger partial charge >= 0.3 is 0 Å². The standard InChI is InChI=1S/C30H32FN5O4S/c1-41-15-13-26(35-27(38)20-6-5-14-33-17-20)28(39)34-23(19-37)16-30(32,21-7-3-2-4-8-21)25-18-36(29(25)40)24-11-9-22(31)10-12-24/h2-12,14,17,19,23,25-26H,13,15-16,18,32H2,1H3,(H,34,39)(H,35,38)/t23?,25?,26-,30-/m0/s1. The van der Waals surface area contributed by atoms with E-state index < -0.39 is 41.2 Å². The van der Waals surface area contributed by atoms with Crippen LogP contribution in [0.2, 0.25) is 0 Å². The molecule has 1 aliphatic rings. The molecule has 11 heteroatoms. The molecule has 1 fully saturated rings. The Morgan fingerprint density at radius 1 is 1.15 bits per heavy atom. The molecule has 3 aromatic rings. The Morgan fingerprint density at radius 3 is 2.49 bits per heavy atom. The Bertz CT molecular complexity index is 1360. The highest BCUT2D eigenvalue weighted by Gasteiger charge is 2.51. The van der Waals surface area contributed by atoms with Crippen molar-refractivity contribution in [3.05, 3.63) is 96.1 Å². The van der Waals surface area contributed by atoms with Gasteiger partial charge in [0.1, 0.15) is 18.1 Å². The number of pyridine rings is 1. The molecule has 2 heterocycles. The van der Waals surface area contributed by atoms with E-state index in [0.717, 1.165) is 0 Å². The van der Waals surface area contributed by atoms with Crippen molar-refractivity contribution in [3.8, 4) is 0 Å². The molecule has 1 aliphatic heterocycles. The van der Waals surface area contributed by atoms with Crippen molar-refractivity contribution in [3.63, 3.8) is 0 Å². The van der Waals surface area contributed by atoms with E-state index in [1.165, 1.54) is 47.1 Å². The molecule has 2 aromatic carbocycles. The molecule has 41 heavy (non-hydrogen) atoms. The van der Waals surface area contributed by atoms with E-state index >= 15 is 0 Å². The molecule has 214 valence electrons. The molecule has 3 amide bonds. The third-order valence-corrected chi connectivity index (χ3v) is 7.85. The van der Waals surface area contributed by atoms with Crippen LogP contribution in [0.1, 0.15) is 28.8 Å². The third-order valence-electron chi connectivity index (χ3n) is 7.21. The first-order valence-corrected chi connectivity index (χ1v) is 14.5. The van der Waals surface area contributed by atoms with E-state index in [9.17, 15) is 23.6 Å². The molecule has 4 rings (SSSR count). The minimum absolute atomic E-state index is 0.0499. The van der Waals surface area contributed by atoms with Gasteiger partial charge in [0.2, 0.25) is 11.8 Å². The topological polar surface area (TPSA) is 134 Å². The molecule has 0 radical (unpaired) electrons. The lowest BCUT2D eigenvalue weighted by atomic mass is 9.70. The quantitative estimate of drug-likeness (QED) is 0.210. The number of hydrogen-bond acceptors (Lipinski definition) is 7. The van der Waals surface area contributed by atoms with Crippen LogP contribution < -0.4 is 21.3 Å². The van der Waals surface area contributed by atoms with E-state index in [0.29, 0.717) is 35.3 Å². The van der Waals surface area contributed by atoms with E-state index in [1.54, 1.807) is 42.6 Å². The van der Waals surface area contributed by atoms with Crippen LogP contribution in [0.4, 0.5) is 10.1 Å².